The number of halogens is 1. The lowest BCUT2D eigenvalue weighted by Gasteiger charge is -2.28. The van der Waals surface area contributed by atoms with Crippen molar-refractivity contribution in [3.05, 3.63) is 113 Å². The highest BCUT2D eigenvalue weighted by atomic mass is 35.5. The minimum atomic E-state index is -1.18. The topological polar surface area (TPSA) is 79.7 Å². The van der Waals surface area contributed by atoms with Crippen molar-refractivity contribution < 1.29 is 19.4 Å². The first-order chi connectivity index (χ1) is 18.5. The monoisotopic (exact) mass is 526 g/mol. The molecule has 0 radical (unpaired) electrons. The van der Waals surface area contributed by atoms with E-state index in [1.165, 1.54) is 37.8 Å². The van der Waals surface area contributed by atoms with E-state index in [9.17, 15) is 14.7 Å². The Morgan fingerprint density at radius 2 is 1.63 bits per heavy atom. The smallest absolute Gasteiger partial charge is 0.339 e. The van der Waals surface area contributed by atoms with Crippen LogP contribution in [0.4, 0.5) is 11.4 Å². The number of aromatic carboxylic acids is 1. The van der Waals surface area contributed by atoms with Crippen LogP contribution >= 0.6 is 11.6 Å². The van der Waals surface area contributed by atoms with E-state index in [1.807, 2.05) is 36.4 Å². The first-order valence-corrected chi connectivity index (χ1v) is 13.0. The fourth-order valence-electron chi connectivity index (χ4n) is 4.80. The molecule has 0 spiro atoms. The number of rotatable bonds is 9. The van der Waals surface area contributed by atoms with E-state index in [0.29, 0.717) is 16.7 Å². The van der Waals surface area contributed by atoms with Gasteiger partial charge in [0.05, 0.1) is 11.9 Å². The van der Waals surface area contributed by atoms with Crippen LogP contribution in [0.5, 0.6) is 11.5 Å². The molecule has 38 heavy (non-hydrogen) atoms. The summed E-state index contributed by atoms with van der Waals surface area (Å²) < 4.78 is 5.74. The molecule has 3 aromatic carbocycles. The van der Waals surface area contributed by atoms with Crippen LogP contribution < -0.4 is 9.64 Å². The average molecular weight is 527 g/mol. The molecule has 1 N–H and O–H groups in total. The third-order valence-electron chi connectivity index (χ3n) is 6.79. The van der Waals surface area contributed by atoms with Gasteiger partial charge in [-0.05, 0) is 85.5 Å². The van der Waals surface area contributed by atoms with Crippen molar-refractivity contribution in [2.45, 2.75) is 25.7 Å². The molecule has 0 saturated heterocycles. The summed E-state index contributed by atoms with van der Waals surface area (Å²) in [6.45, 7) is 0.863. The fourth-order valence-corrected chi connectivity index (χ4v) is 4.93. The molecule has 0 unspecified atom stereocenters. The molecule has 7 heteroatoms. The van der Waals surface area contributed by atoms with E-state index in [-0.39, 0.29) is 28.4 Å². The number of ketones is 1. The number of ether oxygens (including phenoxy) is 1. The van der Waals surface area contributed by atoms with Gasteiger partial charge in [-0.3, -0.25) is 9.78 Å². The molecule has 1 saturated carbocycles. The van der Waals surface area contributed by atoms with Crippen LogP contribution in [0.1, 0.15) is 52.1 Å². The zero-order valence-corrected chi connectivity index (χ0v) is 21.5. The van der Waals surface area contributed by atoms with E-state index >= 15 is 0 Å². The number of para-hydroxylation sites is 1. The molecule has 1 aliphatic carbocycles. The van der Waals surface area contributed by atoms with E-state index < -0.39 is 5.97 Å². The minimum Gasteiger partial charge on any atom is -0.478 e. The second-order valence-corrected chi connectivity index (χ2v) is 9.84. The van der Waals surface area contributed by atoms with Crippen molar-refractivity contribution in [3.63, 3.8) is 0 Å². The maximum atomic E-state index is 13.2. The lowest BCUT2D eigenvalue weighted by atomic mass is 10.0. The number of aromatic nitrogens is 1. The van der Waals surface area contributed by atoms with E-state index in [0.717, 1.165) is 17.9 Å². The Labute approximate surface area is 226 Å². The first-order valence-electron chi connectivity index (χ1n) is 12.6. The molecule has 5 rings (SSSR count). The highest BCUT2D eigenvalue weighted by Gasteiger charge is 2.22. The maximum absolute atomic E-state index is 13.2. The van der Waals surface area contributed by atoms with Crippen molar-refractivity contribution in [1.29, 1.82) is 0 Å². The van der Waals surface area contributed by atoms with Gasteiger partial charge in [0.2, 0.25) is 5.78 Å². The van der Waals surface area contributed by atoms with Gasteiger partial charge in [0, 0.05) is 22.8 Å². The second-order valence-electron chi connectivity index (χ2n) is 9.40. The number of carboxylic acids is 1. The Kier molecular flexibility index (Phi) is 7.70. The zero-order valence-electron chi connectivity index (χ0n) is 20.7. The van der Waals surface area contributed by atoms with Gasteiger partial charge in [0.25, 0.3) is 0 Å². The van der Waals surface area contributed by atoms with Crippen molar-refractivity contribution in [3.8, 4) is 11.5 Å². The van der Waals surface area contributed by atoms with Crippen molar-refractivity contribution in [1.82, 2.24) is 4.98 Å². The van der Waals surface area contributed by atoms with Gasteiger partial charge in [0.15, 0.2) is 0 Å². The number of carbonyl (C=O) groups is 2. The predicted octanol–water partition coefficient (Wildman–Crippen LogP) is 7.78. The lowest BCUT2D eigenvalue weighted by molar-refractivity contribution is 0.0694. The van der Waals surface area contributed by atoms with Gasteiger partial charge in [-0.25, -0.2) is 4.79 Å². The fraction of sp³-hybridized carbons (Fsp3) is 0.194. The number of hydrogen-bond acceptors (Lipinski definition) is 5. The molecular weight excluding hydrogens is 500 g/mol. The molecule has 1 heterocycles. The van der Waals surface area contributed by atoms with Crippen molar-refractivity contribution in [2.75, 3.05) is 11.4 Å². The number of hydrogen-bond donors (Lipinski definition) is 1. The van der Waals surface area contributed by atoms with Crippen molar-refractivity contribution >= 4 is 34.7 Å². The lowest BCUT2D eigenvalue weighted by Crippen LogP contribution is -2.24. The summed E-state index contributed by atoms with van der Waals surface area (Å²) >= 11 is 6.11. The zero-order chi connectivity index (χ0) is 26.5. The SMILES string of the molecule is O=C(c1ccc(Oc2ccccc2)c(C(=O)O)c1)c1ccc(N(CC2CCCC2)c2ccc(Cl)cc2)cn1. The number of benzene rings is 3. The Morgan fingerprint density at radius 1 is 0.921 bits per heavy atom. The Bertz CT molecular complexity index is 1420. The number of carboxylic acid groups (broad SMARTS) is 1. The standard InChI is InChI=1S/C31H27ClN2O4/c32-23-11-13-24(14-12-23)34(20-21-6-4-5-7-21)25-15-16-28(33-19-25)30(35)22-10-17-29(27(18-22)31(36)37)38-26-8-2-1-3-9-26/h1-3,8-19,21H,4-7,20H2,(H,36,37). The third-order valence-corrected chi connectivity index (χ3v) is 7.04. The molecule has 0 aliphatic heterocycles. The molecule has 1 aliphatic rings. The normalized spacial score (nSPS) is 13.3. The van der Waals surface area contributed by atoms with Crippen LogP contribution in [0, 0.1) is 5.92 Å². The van der Waals surface area contributed by atoms with Crippen LogP contribution in [0.2, 0.25) is 5.02 Å². The summed E-state index contributed by atoms with van der Waals surface area (Å²) in [5.74, 6) is -0.278. The molecule has 4 aromatic rings. The average Bonchev–Trinajstić information content (AvgIpc) is 3.46. The number of carbonyl (C=O) groups excluding carboxylic acids is 1. The van der Waals surface area contributed by atoms with Gasteiger partial charge < -0.3 is 14.7 Å². The molecule has 0 amide bonds. The molecule has 0 bridgehead atoms. The summed E-state index contributed by atoms with van der Waals surface area (Å²) in [5, 5.41) is 10.4. The molecule has 192 valence electrons. The molecule has 1 aromatic heterocycles. The summed E-state index contributed by atoms with van der Waals surface area (Å²) in [7, 11) is 0. The van der Waals surface area contributed by atoms with E-state index in [2.05, 4.69) is 9.88 Å². The predicted molar refractivity (Wildman–Crippen MR) is 148 cm³/mol. The highest BCUT2D eigenvalue weighted by molar-refractivity contribution is 6.30. The van der Waals surface area contributed by atoms with Gasteiger partial charge in [-0.15, -0.1) is 0 Å². The number of pyridine rings is 1. The Balaban J connectivity index is 1.39. The quantitative estimate of drug-likeness (QED) is 0.224. The van der Waals surface area contributed by atoms with Crippen LogP contribution in [0.3, 0.4) is 0 Å². The number of anilines is 2. The first kappa shape index (κ1) is 25.5. The second kappa shape index (κ2) is 11.5. The maximum Gasteiger partial charge on any atom is 0.339 e. The van der Waals surface area contributed by atoms with Gasteiger partial charge in [-0.1, -0.05) is 42.6 Å². The minimum absolute atomic E-state index is 0.0956. The highest BCUT2D eigenvalue weighted by Crippen LogP contribution is 2.33. The van der Waals surface area contributed by atoms with E-state index in [4.69, 9.17) is 16.3 Å². The Morgan fingerprint density at radius 3 is 2.29 bits per heavy atom. The van der Waals surface area contributed by atoms with Crippen LogP contribution in [-0.2, 0) is 0 Å². The molecule has 0 atom stereocenters. The summed E-state index contributed by atoms with van der Waals surface area (Å²) in [5.41, 5.74) is 2.26. The van der Waals surface area contributed by atoms with Crippen LogP contribution in [-0.4, -0.2) is 28.4 Å². The van der Waals surface area contributed by atoms with Gasteiger partial charge >= 0.3 is 5.97 Å². The Hall–Kier alpha value is -4.16. The van der Waals surface area contributed by atoms with Crippen LogP contribution in [0.25, 0.3) is 0 Å². The van der Waals surface area contributed by atoms with Gasteiger partial charge in [0.1, 0.15) is 22.8 Å². The summed E-state index contributed by atoms with van der Waals surface area (Å²) in [4.78, 5) is 31.8. The largest absolute Gasteiger partial charge is 0.478 e. The molecular formula is C31H27ClN2O4. The van der Waals surface area contributed by atoms with E-state index in [1.54, 1.807) is 42.6 Å². The van der Waals surface area contributed by atoms with Crippen LogP contribution in [0.15, 0.2) is 91.1 Å². The van der Waals surface area contributed by atoms with Gasteiger partial charge in [-0.2, -0.15) is 0 Å². The summed E-state index contributed by atoms with van der Waals surface area (Å²) in [6.07, 6.45) is 6.59. The molecule has 6 nitrogen and oxygen atoms in total. The molecule has 1 fully saturated rings. The third kappa shape index (κ3) is 5.87. The number of nitrogens with zero attached hydrogens (tertiary/aromatic N) is 2. The summed E-state index contributed by atoms with van der Waals surface area (Å²) in [6, 6.07) is 24.6. The van der Waals surface area contributed by atoms with Crippen molar-refractivity contribution in [2.24, 2.45) is 5.92 Å².